The molecule has 0 bridgehead atoms. The van der Waals surface area contributed by atoms with Gasteiger partial charge < -0.3 is 14.5 Å². The third kappa shape index (κ3) is 4.95. The Morgan fingerprint density at radius 1 is 1.29 bits per heavy atom. The van der Waals surface area contributed by atoms with Gasteiger partial charge in [0.1, 0.15) is 5.76 Å². The number of carbonyl (C=O) groups excluding carboxylic acids is 1. The van der Waals surface area contributed by atoms with Crippen LogP contribution in [0.5, 0.6) is 0 Å². The van der Waals surface area contributed by atoms with E-state index < -0.39 is 5.91 Å². The first-order valence-corrected chi connectivity index (χ1v) is 8.00. The summed E-state index contributed by atoms with van der Waals surface area (Å²) in [6, 6.07) is 10.5. The normalized spacial score (nSPS) is 11.6. The Kier molecular flexibility index (Phi) is 6.60. The van der Waals surface area contributed by atoms with Gasteiger partial charge in [0.2, 0.25) is 0 Å². The predicted octanol–water partition coefficient (Wildman–Crippen LogP) is 2.74. The molecule has 0 radical (unpaired) electrons. The van der Waals surface area contributed by atoms with E-state index in [2.05, 4.69) is 16.2 Å². The second kappa shape index (κ2) is 8.68. The first-order valence-electron chi connectivity index (χ1n) is 7.21. The highest BCUT2D eigenvalue weighted by atomic mass is 35.5. The third-order valence-corrected chi connectivity index (χ3v) is 3.60. The minimum atomic E-state index is -0.447. The molecule has 0 aliphatic carbocycles. The highest BCUT2D eigenvalue weighted by Gasteiger charge is 2.14. The first kappa shape index (κ1) is 18.3. The highest BCUT2D eigenvalue weighted by molar-refractivity contribution is 7.80. The number of furan rings is 1. The van der Waals surface area contributed by atoms with Crippen molar-refractivity contribution >= 4 is 34.8 Å². The average molecular weight is 368 g/mol. The van der Waals surface area contributed by atoms with Crippen molar-refractivity contribution in [2.24, 2.45) is 0 Å². The monoisotopic (exact) mass is 367 g/mol. The Morgan fingerprint density at radius 2 is 2.04 bits per heavy atom. The van der Waals surface area contributed by atoms with Crippen LogP contribution >= 0.6 is 23.8 Å². The number of halogens is 1. The number of benzene rings is 1. The van der Waals surface area contributed by atoms with Crippen LogP contribution in [0.3, 0.4) is 0 Å². The number of hydrogen-bond donors (Lipinski definition) is 3. The Bertz CT molecular complexity index is 720. The number of methoxy groups -OCH3 is 1. The molecule has 0 saturated carbocycles. The molecule has 2 rings (SSSR count). The quantitative estimate of drug-likeness (QED) is 0.557. The van der Waals surface area contributed by atoms with E-state index in [-0.39, 0.29) is 16.9 Å². The van der Waals surface area contributed by atoms with Crippen molar-refractivity contribution in [2.75, 3.05) is 13.7 Å². The minimum Gasteiger partial charge on any atom is -0.451 e. The van der Waals surface area contributed by atoms with E-state index in [9.17, 15) is 4.79 Å². The van der Waals surface area contributed by atoms with Gasteiger partial charge in [-0.05, 0) is 43.4 Å². The second-order valence-corrected chi connectivity index (χ2v) is 5.87. The van der Waals surface area contributed by atoms with Crippen molar-refractivity contribution in [3.05, 3.63) is 47.2 Å². The van der Waals surface area contributed by atoms with Crippen molar-refractivity contribution in [3.63, 3.8) is 0 Å². The van der Waals surface area contributed by atoms with Crippen LogP contribution in [-0.2, 0) is 4.74 Å². The van der Waals surface area contributed by atoms with Gasteiger partial charge in [-0.2, -0.15) is 0 Å². The molecule has 0 aliphatic heterocycles. The minimum absolute atomic E-state index is 0.0161. The molecule has 0 aliphatic rings. The van der Waals surface area contributed by atoms with Crippen LogP contribution in [-0.4, -0.2) is 30.8 Å². The van der Waals surface area contributed by atoms with Crippen LogP contribution in [0.1, 0.15) is 17.5 Å². The van der Waals surface area contributed by atoms with E-state index in [1.165, 1.54) is 0 Å². The Labute approximate surface area is 150 Å². The van der Waals surface area contributed by atoms with E-state index >= 15 is 0 Å². The van der Waals surface area contributed by atoms with Gasteiger partial charge in [0.05, 0.1) is 11.6 Å². The summed E-state index contributed by atoms with van der Waals surface area (Å²) in [6.45, 7) is 2.40. The Morgan fingerprint density at radius 3 is 2.75 bits per heavy atom. The maximum atomic E-state index is 12.1. The molecule has 1 atom stereocenters. The standard InChI is InChI=1S/C16H18ClN3O3S/c1-10(9-22-2)18-16(24)20-19-15(21)14-8-7-13(23-14)11-5-3-4-6-12(11)17/h3-8,10H,9H2,1-2H3,(H,19,21)(H2,18,20,24)/t10-/m0/s1. The number of rotatable bonds is 5. The molecule has 6 nitrogen and oxygen atoms in total. The smallest absolute Gasteiger partial charge is 0.305 e. The lowest BCUT2D eigenvalue weighted by Crippen LogP contribution is -2.49. The van der Waals surface area contributed by atoms with Crippen LogP contribution in [0.15, 0.2) is 40.8 Å². The van der Waals surface area contributed by atoms with Crippen molar-refractivity contribution in [3.8, 4) is 11.3 Å². The first-order chi connectivity index (χ1) is 11.5. The fraction of sp³-hybridized carbons (Fsp3) is 0.250. The van der Waals surface area contributed by atoms with Crippen LogP contribution in [0.25, 0.3) is 11.3 Å². The summed E-state index contributed by atoms with van der Waals surface area (Å²) in [5.41, 5.74) is 5.79. The van der Waals surface area contributed by atoms with Gasteiger partial charge in [0, 0.05) is 18.7 Å². The van der Waals surface area contributed by atoms with Crippen LogP contribution in [0.4, 0.5) is 0 Å². The van der Waals surface area contributed by atoms with Crippen LogP contribution < -0.4 is 16.2 Å². The summed E-state index contributed by atoms with van der Waals surface area (Å²) in [5.74, 6) is 0.210. The third-order valence-electron chi connectivity index (χ3n) is 3.05. The van der Waals surface area contributed by atoms with Crippen LogP contribution in [0.2, 0.25) is 5.02 Å². The lowest BCUT2D eigenvalue weighted by atomic mass is 10.2. The topological polar surface area (TPSA) is 75.5 Å². The molecular formula is C16H18ClN3O3S. The van der Waals surface area contributed by atoms with Gasteiger partial charge in [0.15, 0.2) is 10.9 Å². The molecule has 24 heavy (non-hydrogen) atoms. The Balaban J connectivity index is 1.92. The maximum Gasteiger partial charge on any atom is 0.305 e. The number of ether oxygens (including phenoxy) is 1. The van der Waals surface area contributed by atoms with Gasteiger partial charge in [-0.3, -0.25) is 15.6 Å². The van der Waals surface area contributed by atoms with Gasteiger partial charge >= 0.3 is 5.91 Å². The largest absolute Gasteiger partial charge is 0.451 e. The number of thiocarbonyl (C=S) groups is 1. The summed E-state index contributed by atoms with van der Waals surface area (Å²) in [4.78, 5) is 12.1. The molecule has 1 heterocycles. The molecular weight excluding hydrogens is 350 g/mol. The van der Waals surface area contributed by atoms with Crippen LogP contribution in [0, 0.1) is 0 Å². The van der Waals surface area contributed by atoms with Gasteiger partial charge in [-0.1, -0.05) is 23.7 Å². The van der Waals surface area contributed by atoms with Gasteiger partial charge in [-0.25, -0.2) is 0 Å². The van der Waals surface area contributed by atoms with E-state index in [1.807, 2.05) is 25.1 Å². The SMILES string of the molecule is COC[C@H](C)NC(=S)NNC(=O)c1ccc(-c2ccccc2Cl)o1. The highest BCUT2D eigenvalue weighted by Crippen LogP contribution is 2.28. The lowest BCUT2D eigenvalue weighted by molar-refractivity contribution is 0.0916. The molecule has 0 spiro atoms. The number of amides is 1. The maximum absolute atomic E-state index is 12.1. The summed E-state index contributed by atoms with van der Waals surface area (Å²) >= 11 is 11.2. The van der Waals surface area contributed by atoms with Crippen molar-refractivity contribution < 1.29 is 13.9 Å². The molecule has 0 fully saturated rings. The molecule has 1 aromatic carbocycles. The lowest BCUT2D eigenvalue weighted by Gasteiger charge is -2.16. The summed E-state index contributed by atoms with van der Waals surface area (Å²) in [5, 5.41) is 3.79. The summed E-state index contributed by atoms with van der Waals surface area (Å²) < 4.78 is 10.5. The van der Waals surface area contributed by atoms with Crippen molar-refractivity contribution in [2.45, 2.75) is 13.0 Å². The molecule has 8 heteroatoms. The van der Waals surface area contributed by atoms with E-state index in [1.54, 1.807) is 25.3 Å². The molecule has 0 saturated heterocycles. The van der Waals surface area contributed by atoms with Gasteiger partial charge in [-0.15, -0.1) is 0 Å². The fourth-order valence-corrected chi connectivity index (χ4v) is 2.47. The molecule has 3 N–H and O–H groups in total. The summed E-state index contributed by atoms with van der Waals surface area (Å²) in [6.07, 6.45) is 0. The molecule has 2 aromatic rings. The fourth-order valence-electron chi connectivity index (χ4n) is 1.99. The number of nitrogens with one attached hydrogen (secondary N) is 3. The number of hydrogen-bond acceptors (Lipinski definition) is 4. The Hall–Kier alpha value is -2.09. The van der Waals surface area contributed by atoms with E-state index in [0.29, 0.717) is 17.4 Å². The second-order valence-electron chi connectivity index (χ2n) is 5.05. The molecule has 1 aromatic heterocycles. The zero-order chi connectivity index (χ0) is 17.5. The number of hydrazine groups is 1. The van der Waals surface area contributed by atoms with E-state index in [4.69, 9.17) is 33.0 Å². The van der Waals surface area contributed by atoms with Crippen molar-refractivity contribution in [1.29, 1.82) is 0 Å². The zero-order valence-corrected chi connectivity index (χ0v) is 14.8. The predicted molar refractivity (Wildman–Crippen MR) is 96.8 cm³/mol. The molecule has 128 valence electrons. The molecule has 1 amide bonds. The van der Waals surface area contributed by atoms with Gasteiger partial charge in [0.25, 0.3) is 0 Å². The number of carbonyl (C=O) groups is 1. The summed E-state index contributed by atoms with van der Waals surface area (Å²) in [7, 11) is 1.60. The zero-order valence-electron chi connectivity index (χ0n) is 13.3. The average Bonchev–Trinajstić information content (AvgIpc) is 3.03. The molecule has 0 unspecified atom stereocenters. The van der Waals surface area contributed by atoms with Crippen molar-refractivity contribution in [1.82, 2.24) is 16.2 Å². The van der Waals surface area contributed by atoms with E-state index in [0.717, 1.165) is 5.56 Å².